The number of rotatable bonds is 8. The van der Waals surface area contributed by atoms with E-state index in [1.807, 2.05) is 13.8 Å². The highest BCUT2D eigenvalue weighted by molar-refractivity contribution is 5.92. The van der Waals surface area contributed by atoms with Crippen molar-refractivity contribution in [3.05, 3.63) is 17.5 Å². The molecule has 5 heteroatoms. The average Bonchev–Trinajstić information content (AvgIpc) is 2.96. The number of aromatic nitrogens is 1. The summed E-state index contributed by atoms with van der Waals surface area (Å²) in [5.41, 5.74) is 6.28. The minimum atomic E-state index is -0.362. The molecular formula is C15H27N3O2. The summed E-state index contributed by atoms with van der Waals surface area (Å²) in [4.78, 5) is 12.2. The van der Waals surface area contributed by atoms with Gasteiger partial charge in [0.15, 0.2) is 0 Å². The normalized spacial score (nSPS) is 11.9. The fourth-order valence-electron chi connectivity index (χ4n) is 2.36. The highest BCUT2D eigenvalue weighted by atomic mass is 16.5. The molecule has 1 heterocycles. The van der Waals surface area contributed by atoms with Crippen molar-refractivity contribution in [2.75, 3.05) is 6.54 Å². The summed E-state index contributed by atoms with van der Waals surface area (Å²) in [7, 11) is 0. The molecule has 3 N–H and O–H groups in total. The Balaban J connectivity index is 2.83. The van der Waals surface area contributed by atoms with Crippen molar-refractivity contribution >= 4 is 5.91 Å². The molecule has 114 valence electrons. The van der Waals surface area contributed by atoms with Crippen molar-refractivity contribution in [2.24, 2.45) is 5.73 Å². The molecule has 5 nitrogen and oxygen atoms in total. The lowest BCUT2D eigenvalue weighted by Crippen LogP contribution is -2.52. The third kappa shape index (κ3) is 3.60. The Morgan fingerprint density at radius 2 is 1.95 bits per heavy atom. The van der Waals surface area contributed by atoms with Gasteiger partial charge in [0, 0.05) is 18.5 Å². The predicted octanol–water partition coefficient (Wildman–Crippen LogP) is 2.83. The van der Waals surface area contributed by atoms with Gasteiger partial charge < -0.3 is 15.6 Å². The largest absolute Gasteiger partial charge is 0.351 e. The molecule has 1 rings (SSSR count). The lowest BCUT2D eigenvalue weighted by atomic mass is 9.92. The molecule has 1 amide bonds. The smallest absolute Gasteiger partial charge is 0.290 e. The lowest BCUT2D eigenvalue weighted by Gasteiger charge is -2.30. The number of hydrogen-bond acceptors (Lipinski definition) is 4. The summed E-state index contributed by atoms with van der Waals surface area (Å²) in [5.74, 6) is 0.382. The number of carbonyl (C=O) groups excluding carboxylic acids is 1. The molecule has 0 aliphatic carbocycles. The standard InChI is InChI=1S/C15H27N3O2/c1-5-11(6-2)12-9-13(20-18-12)14(19)17-15(7-3,8-4)10-16/h9,11H,5-8,10,16H2,1-4H3,(H,17,19). The van der Waals surface area contributed by atoms with Gasteiger partial charge in [0.25, 0.3) is 5.91 Å². The van der Waals surface area contributed by atoms with Gasteiger partial charge in [0.1, 0.15) is 0 Å². The van der Waals surface area contributed by atoms with E-state index < -0.39 is 0 Å². The van der Waals surface area contributed by atoms with Crippen LogP contribution in [-0.2, 0) is 0 Å². The van der Waals surface area contributed by atoms with Crippen LogP contribution in [0.25, 0.3) is 0 Å². The van der Waals surface area contributed by atoms with E-state index in [0.717, 1.165) is 31.4 Å². The molecule has 20 heavy (non-hydrogen) atoms. The predicted molar refractivity (Wildman–Crippen MR) is 79.7 cm³/mol. The minimum Gasteiger partial charge on any atom is -0.351 e. The van der Waals surface area contributed by atoms with Gasteiger partial charge in [-0.3, -0.25) is 4.79 Å². The first-order valence-corrected chi connectivity index (χ1v) is 7.54. The Morgan fingerprint density at radius 3 is 2.40 bits per heavy atom. The van der Waals surface area contributed by atoms with E-state index in [-0.39, 0.29) is 17.2 Å². The number of nitrogens with zero attached hydrogens (tertiary/aromatic N) is 1. The third-order valence-corrected chi connectivity index (χ3v) is 4.28. The zero-order valence-corrected chi connectivity index (χ0v) is 13.0. The van der Waals surface area contributed by atoms with Gasteiger partial charge in [-0.15, -0.1) is 0 Å². The second-order valence-corrected chi connectivity index (χ2v) is 5.28. The minimum absolute atomic E-state index is 0.233. The molecule has 0 saturated heterocycles. The van der Waals surface area contributed by atoms with Gasteiger partial charge in [-0.2, -0.15) is 0 Å². The first-order valence-electron chi connectivity index (χ1n) is 7.54. The van der Waals surface area contributed by atoms with Gasteiger partial charge in [0.05, 0.1) is 11.2 Å². The van der Waals surface area contributed by atoms with Crippen LogP contribution in [0.1, 0.15) is 75.5 Å². The molecule has 0 saturated carbocycles. The highest BCUT2D eigenvalue weighted by Gasteiger charge is 2.28. The van der Waals surface area contributed by atoms with E-state index in [9.17, 15) is 4.79 Å². The number of nitrogens with two attached hydrogens (primary N) is 1. The quantitative estimate of drug-likeness (QED) is 0.767. The van der Waals surface area contributed by atoms with E-state index in [4.69, 9.17) is 10.3 Å². The van der Waals surface area contributed by atoms with Crippen LogP contribution < -0.4 is 11.1 Å². The second-order valence-electron chi connectivity index (χ2n) is 5.28. The maximum atomic E-state index is 12.2. The van der Waals surface area contributed by atoms with Crippen molar-refractivity contribution in [1.82, 2.24) is 10.5 Å². The molecule has 1 aromatic heterocycles. The fourth-order valence-corrected chi connectivity index (χ4v) is 2.36. The van der Waals surface area contributed by atoms with Gasteiger partial charge in [-0.1, -0.05) is 32.9 Å². The summed E-state index contributed by atoms with van der Waals surface area (Å²) in [6.45, 7) is 8.67. The van der Waals surface area contributed by atoms with Crippen molar-refractivity contribution in [2.45, 2.75) is 64.8 Å². The Hall–Kier alpha value is -1.36. The van der Waals surface area contributed by atoms with Gasteiger partial charge in [0.2, 0.25) is 5.76 Å². The van der Waals surface area contributed by atoms with Crippen molar-refractivity contribution in [1.29, 1.82) is 0 Å². The van der Waals surface area contributed by atoms with Crippen LogP contribution in [0.3, 0.4) is 0 Å². The molecule has 0 aromatic carbocycles. The Kier molecular flexibility index (Phi) is 6.20. The molecule has 0 spiro atoms. The maximum absolute atomic E-state index is 12.2. The molecular weight excluding hydrogens is 254 g/mol. The number of carbonyl (C=O) groups is 1. The van der Waals surface area contributed by atoms with Crippen LogP contribution in [0.15, 0.2) is 10.6 Å². The first kappa shape index (κ1) is 16.7. The average molecular weight is 281 g/mol. The zero-order chi connectivity index (χ0) is 15.2. The SMILES string of the molecule is CCC(CC)c1cc(C(=O)NC(CC)(CC)CN)on1. The van der Waals surface area contributed by atoms with Gasteiger partial charge in [-0.05, 0) is 25.7 Å². The molecule has 0 bridgehead atoms. The number of hydrogen-bond donors (Lipinski definition) is 2. The highest BCUT2D eigenvalue weighted by Crippen LogP contribution is 2.23. The van der Waals surface area contributed by atoms with Gasteiger partial charge >= 0.3 is 0 Å². The Labute approximate surface area is 121 Å². The fraction of sp³-hybridized carbons (Fsp3) is 0.733. The van der Waals surface area contributed by atoms with Crippen molar-refractivity contribution < 1.29 is 9.32 Å². The van der Waals surface area contributed by atoms with Crippen molar-refractivity contribution in [3.63, 3.8) is 0 Å². The van der Waals surface area contributed by atoms with Crippen LogP contribution in [0.5, 0.6) is 0 Å². The summed E-state index contributed by atoms with van der Waals surface area (Å²) in [5, 5.41) is 7.01. The van der Waals surface area contributed by atoms with Crippen molar-refractivity contribution in [3.8, 4) is 0 Å². The summed E-state index contributed by atoms with van der Waals surface area (Å²) >= 11 is 0. The summed E-state index contributed by atoms with van der Waals surface area (Å²) < 4.78 is 5.19. The molecule has 0 unspecified atom stereocenters. The molecule has 0 atom stereocenters. The number of amides is 1. The monoisotopic (exact) mass is 281 g/mol. The lowest BCUT2D eigenvalue weighted by molar-refractivity contribution is 0.0857. The van der Waals surface area contributed by atoms with E-state index in [2.05, 4.69) is 24.3 Å². The second kappa shape index (κ2) is 7.43. The summed E-state index contributed by atoms with van der Waals surface area (Å²) in [6.07, 6.45) is 3.56. The van der Waals surface area contributed by atoms with Crippen LogP contribution in [0.4, 0.5) is 0 Å². The molecule has 1 aromatic rings. The number of nitrogens with one attached hydrogen (secondary N) is 1. The topological polar surface area (TPSA) is 81.2 Å². The van der Waals surface area contributed by atoms with Gasteiger partial charge in [-0.25, -0.2) is 0 Å². The van der Waals surface area contributed by atoms with E-state index >= 15 is 0 Å². The molecule has 0 radical (unpaired) electrons. The van der Waals surface area contributed by atoms with Crippen LogP contribution >= 0.6 is 0 Å². The van der Waals surface area contributed by atoms with Crippen LogP contribution in [0, 0.1) is 0 Å². The zero-order valence-electron chi connectivity index (χ0n) is 13.0. The van der Waals surface area contributed by atoms with E-state index in [0.29, 0.717) is 12.5 Å². The molecule has 0 fully saturated rings. The molecule has 0 aliphatic heterocycles. The van der Waals surface area contributed by atoms with E-state index in [1.54, 1.807) is 6.07 Å². The Bertz CT molecular complexity index is 412. The molecule has 0 aliphatic rings. The maximum Gasteiger partial charge on any atom is 0.290 e. The Morgan fingerprint density at radius 1 is 1.35 bits per heavy atom. The third-order valence-electron chi connectivity index (χ3n) is 4.28. The van der Waals surface area contributed by atoms with Crippen LogP contribution in [0.2, 0.25) is 0 Å². The summed E-state index contributed by atoms with van der Waals surface area (Å²) in [6, 6.07) is 1.75. The van der Waals surface area contributed by atoms with Crippen LogP contribution in [-0.4, -0.2) is 23.1 Å². The first-order chi connectivity index (χ1) is 9.55. The van der Waals surface area contributed by atoms with E-state index in [1.165, 1.54) is 0 Å².